The maximum absolute atomic E-state index is 12.6. The third-order valence-electron chi connectivity index (χ3n) is 3.17. The van der Waals surface area contributed by atoms with Gasteiger partial charge in [0.25, 0.3) is 0 Å². The number of carbonyl (C=O) groups is 1. The van der Waals surface area contributed by atoms with E-state index in [1.807, 2.05) is 0 Å². The Balaban J connectivity index is 2.41. The third kappa shape index (κ3) is 2.80. The summed E-state index contributed by atoms with van der Waals surface area (Å²) in [6.07, 6.45) is 0.255. The molecule has 2 aromatic rings. The molecular weight excluding hydrogens is 272 g/mol. The van der Waals surface area contributed by atoms with Gasteiger partial charge in [0.1, 0.15) is 5.25 Å². The van der Waals surface area contributed by atoms with E-state index < -0.39 is 15.1 Å². The number of rotatable bonds is 5. The van der Waals surface area contributed by atoms with Crippen molar-refractivity contribution < 1.29 is 13.2 Å². The van der Waals surface area contributed by atoms with Gasteiger partial charge in [-0.25, -0.2) is 8.42 Å². The second-order valence-corrected chi connectivity index (χ2v) is 6.62. The van der Waals surface area contributed by atoms with Gasteiger partial charge in [-0.05, 0) is 18.6 Å². The maximum Gasteiger partial charge on any atom is 0.188 e. The first-order chi connectivity index (χ1) is 9.57. The number of hydrogen-bond acceptors (Lipinski definition) is 3. The summed E-state index contributed by atoms with van der Waals surface area (Å²) in [6.45, 7) is 1.71. The molecule has 0 N–H and O–H groups in total. The van der Waals surface area contributed by atoms with Crippen LogP contribution in [0.1, 0.15) is 23.7 Å². The molecular formula is C16H16O3S. The molecule has 0 amide bonds. The Morgan fingerprint density at radius 1 is 0.950 bits per heavy atom. The van der Waals surface area contributed by atoms with Crippen molar-refractivity contribution in [3.63, 3.8) is 0 Å². The Morgan fingerprint density at radius 3 is 1.95 bits per heavy atom. The zero-order chi connectivity index (χ0) is 14.6. The molecule has 2 rings (SSSR count). The van der Waals surface area contributed by atoms with Crippen LogP contribution in [-0.4, -0.2) is 19.5 Å². The number of Topliss-reactive ketones (excluding diaryl/α,β-unsaturated/α-hetero) is 1. The molecule has 0 bridgehead atoms. The predicted octanol–water partition coefficient (Wildman–Crippen LogP) is 3.12. The molecule has 0 saturated carbocycles. The number of hydrogen-bond donors (Lipinski definition) is 0. The number of carbonyl (C=O) groups excluding carboxylic acids is 1. The minimum Gasteiger partial charge on any atom is -0.293 e. The fraction of sp³-hybridized carbons (Fsp3) is 0.188. The van der Waals surface area contributed by atoms with Crippen molar-refractivity contribution in [3.05, 3.63) is 66.2 Å². The van der Waals surface area contributed by atoms with Crippen LogP contribution in [0.3, 0.4) is 0 Å². The number of ketones is 1. The van der Waals surface area contributed by atoms with Gasteiger partial charge in [0.15, 0.2) is 15.6 Å². The summed E-state index contributed by atoms with van der Waals surface area (Å²) in [5.41, 5.74) is 0.429. The van der Waals surface area contributed by atoms with Crippen LogP contribution >= 0.6 is 0 Å². The average molecular weight is 288 g/mol. The van der Waals surface area contributed by atoms with Crippen LogP contribution in [-0.2, 0) is 9.84 Å². The van der Waals surface area contributed by atoms with Crippen LogP contribution in [0.4, 0.5) is 0 Å². The van der Waals surface area contributed by atoms with Gasteiger partial charge in [0, 0.05) is 5.56 Å². The van der Waals surface area contributed by atoms with Gasteiger partial charge in [-0.2, -0.15) is 0 Å². The van der Waals surface area contributed by atoms with E-state index in [2.05, 4.69) is 0 Å². The maximum atomic E-state index is 12.6. The average Bonchev–Trinajstić information content (AvgIpc) is 2.49. The van der Waals surface area contributed by atoms with Crippen LogP contribution < -0.4 is 0 Å². The van der Waals surface area contributed by atoms with E-state index in [0.717, 1.165) is 0 Å². The largest absolute Gasteiger partial charge is 0.293 e. The first-order valence-corrected chi connectivity index (χ1v) is 8.00. The Hall–Kier alpha value is -1.94. The standard InChI is InChI=1S/C16H16O3S/c1-2-15(16(17)13-9-5-3-6-10-13)20(18,19)14-11-7-4-8-12-14/h3-12,15H,2H2,1H3. The van der Waals surface area contributed by atoms with Gasteiger partial charge in [-0.1, -0.05) is 55.5 Å². The lowest BCUT2D eigenvalue weighted by Gasteiger charge is -2.15. The highest BCUT2D eigenvalue weighted by Gasteiger charge is 2.32. The molecule has 0 aliphatic carbocycles. The van der Waals surface area contributed by atoms with E-state index >= 15 is 0 Å². The van der Waals surface area contributed by atoms with Crippen LogP contribution in [0.15, 0.2) is 65.6 Å². The highest BCUT2D eigenvalue weighted by molar-refractivity contribution is 7.92. The van der Waals surface area contributed by atoms with Crippen molar-refractivity contribution in [2.24, 2.45) is 0 Å². The van der Waals surface area contributed by atoms with Gasteiger partial charge < -0.3 is 0 Å². The minimum atomic E-state index is -3.65. The summed E-state index contributed by atoms with van der Waals surface area (Å²) in [7, 11) is -3.65. The van der Waals surface area contributed by atoms with Crippen LogP contribution in [0.2, 0.25) is 0 Å². The Morgan fingerprint density at radius 2 is 1.45 bits per heavy atom. The van der Waals surface area contributed by atoms with Gasteiger partial charge in [-0.15, -0.1) is 0 Å². The smallest absolute Gasteiger partial charge is 0.188 e. The van der Waals surface area contributed by atoms with Crippen molar-refractivity contribution in [1.29, 1.82) is 0 Å². The van der Waals surface area contributed by atoms with Crippen LogP contribution in [0.25, 0.3) is 0 Å². The van der Waals surface area contributed by atoms with Crippen molar-refractivity contribution in [3.8, 4) is 0 Å². The van der Waals surface area contributed by atoms with E-state index in [0.29, 0.717) is 5.56 Å². The second-order valence-electron chi connectivity index (χ2n) is 4.49. The second kappa shape index (κ2) is 6.01. The molecule has 4 heteroatoms. The molecule has 104 valence electrons. The lowest BCUT2D eigenvalue weighted by Crippen LogP contribution is -2.30. The fourth-order valence-corrected chi connectivity index (χ4v) is 3.83. The third-order valence-corrected chi connectivity index (χ3v) is 5.39. The molecule has 0 spiro atoms. The van der Waals surface area contributed by atoms with Crippen molar-refractivity contribution in [2.45, 2.75) is 23.5 Å². The minimum absolute atomic E-state index is 0.191. The Bertz CT molecular complexity index is 676. The molecule has 0 aromatic heterocycles. The van der Waals surface area contributed by atoms with Crippen molar-refractivity contribution in [1.82, 2.24) is 0 Å². The SMILES string of the molecule is CCC(C(=O)c1ccccc1)S(=O)(=O)c1ccccc1. The number of sulfone groups is 1. The molecule has 0 radical (unpaired) electrons. The summed E-state index contributed by atoms with van der Waals surface area (Å²) in [6, 6.07) is 16.7. The van der Waals surface area contributed by atoms with Crippen LogP contribution in [0, 0.1) is 0 Å². The molecule has 0 fully saturated rings. The first-order valence-electron chi connectivity index (χ1n) is 6.45. The Kier molecular flexibility index (Phi) is 4.35. The van der Waals surface area contributed by atoms with Gasteiger partial charge in [-0.3, -0.25) is 4.79 Å². The van der Waals surface area contributed by atoms with Crippen LogP contribution in [0.5, 0.6) is 0 Å². The van der Waals surface area contributed by atoms with E-state index in [1.54, 1.807) is 55.5 Å². The summed E-state index contributed by atoms with van der Waals surface area (Å²) in [4.78, 5) is 12.6. The summed E-state index contributed by atoms with van der Waals surface area (Å²) in [5.74, 6) is -0.350. The topological polar surface area (TPSA) is 51.2 Å². The highest BCUT2D eigenvalue weighted by atomic mass is 32.2. The predicted molar refractivity (Wildman–Crippen MR) is 78.5 cm³/mol. The summed E-state index contributed by atoms with van der Waals surface area (Å²) >= 11 is 0. The van der Waals surface area contributed by atoms with Gasteiger partial charge in [0.05, 0.1) is 4.90 Å². The van der Waals surface area contributed by atoms with Crippen molar-refractivity contribution in [2.75, 3.05) is 0 Å². The molecule has 0 aliphatic heterocycles. The fourth-order valence-electron chi connectivity index (χ4n) is 2.11. The molecule has 0 saturated heterocycles. The summed E-state index contributed by atoms with van der Waals surface area (Å²) in [5, 5.41) is -1.03. The van der Waals surface area contributed by atoms with E-state index in [4.69, 9.17) is 0 Å². The monoisotopic (exact) mass is 288 g/mol. The molecule has 3 nitrogen and oxygen atoms in total. The molecule has 1 atom stereocenters. The molecule has 1 unspecified atom stereocenters. The Labute approximate surface area is 119 Å². The molecule has 0 aliphatic rings. The molecule has 0 heterocycles. The van der Waals surface area contributed by atoms with E-state index in [9.17, 15) is 13.2 Å². The highest BCUT2D eigenvalue weighted by Crippen LogP contribution is 2.21. The zero-order valence-corrected chi connectivity index (χ0v) is 12.0. The van der Waals surface area contributed by atoms with Gasteiger partial charge in [0.2, 0.25) is 0 Å². The molecule has 2 aromatic carbocycles. The van der Waals surface area contributed by atoms with E-state index in [1.165, 1.54) is 12.1 Å². The normalized spacial score (nSPS) is 12.8. The first kappa shape index (κ1) is 14.5. The van der Waals surface area contributed by atoms with Crippen molar-refractivity contribution >= 4 is 15.6 Å². The van der Waals surface area contributed by atoms with E-state index in [-0.39, 0.29) is 17.1 Å². The quantitative estimate of drug-likeness (QED) is 0.794. The lowest BCUT2D eigenvalue weighted by atomic mass is 10.1. The zero-order valence-electron chi connectivity index (χ0n) is 11.2. The summed E-state index contributed by atoms with van der Waals surface area (Å²) < 4.78 is 25.1. The lowest BCUT2D eigenvalue weighted by molar-refractivity contribution is 0.0985. The van der Waals surface area contributed by atoms with Gasteiger partial charge >= 0.3 is 0 Å². The number of benzene rings is 2. The molecule has 20 heavy (non-hydrogen) atoms.